The number of fused-ring (bicyclic) bond motifs is 1. The molecule has 0 radical (unpaired) electrons. The van der Waals surface area contributed by atoms with Crippen LogP contribution >= 0.6 is 22.9 Å². The third-order valence-electron chi connectivity index (χ3n) is 5.39. The number of nitrogens with zero attached hydrogens (tertiary/aromatic N) is 4. The van der Waals surface area contributed by atoms with Crippen LogP contribution in [-0.4, -0.2) is 57.8 Å². The molecule has 1 N–H and O–H groups in total. The van der Waals surface area contributed by atoms with Crippen molar-refractivity contribution < 1.29 is 14.3 Å². The Morgan fingerprint density at radius 1 is 1.28 bits per heavy atom. The molecule has 3 heterocycles. The summed E-state index contributed by atoms with van der Waals surface area (Å²) >= 11 is 7.17. The lowest BCUT2D eigenvalue weighted by atomic mass is 10.1. The fraction of sp³-hybridized carbons (Fsp3) is 0.455. The number of aromatic nitrogens is 3. The van der Waals surface area contributed by atoms with E-state index in [9.17, 15) is 9.59 Å². The Labute approximate surface area is 195 Å². The molecule has 1 aliphatic heterocycles. The van der Waals surface area contributed by atoms with Crippen molar-refractivity contribution in [1.82, 2.24) is 19.7 Å². The summed E-state index contributed by atoms with van der Waals surface area (Å²) in [6, 6.07) is 6.67. The summed E-state index contributed by atoms with van der Waals surface area (Å²) in [4.78, 5) is 32.5. The average molecular weight is 476 g/mol. The fourth-order valence-electron chi connectivity index (χ4n) is 3.84. The van der Waals surface area contributed by atoms with Crippen molar-refractivity contribution in [1.29, 1.82) is 0 Å². The van der Waals surface area contributed by atoms with Gasteiger partial charge in [-0.3, -0.25) is 14.9 Å². The SMILES string of the molecule is COC[C@@H]1CCCN1C(=O)c1nn(C(C)(C)C)c2nc(NC(=O)c3ccc(Cl)cc3)sc12. The maximum Gasteiger partial charge on any atom is 0.276 e. The van der Waals surface area contributed by atoms with Crippen LogP contribution in [0.2, 0.25) is 5.02 Å². The maximum absolute atomic E-state index is 13.4. The van der Waals surface area contributed by atoms with Crippen molar-refractivity contribution in [3.05, 3.63) is 40.5 Å². The molecule has 10 heteroatoms. The summed E-state index contributed by atoms with van der Waals surface area (Å²) in [5, 5.41) is 8.46. The first-order valence-electron chi connectivity index (χ1n) is 10.5. The van der Waals surface area contributed by atoms with E-state index in [1.54, 1.807) is 36.1 Å². The number of benzene rings is 1. The van der Waals surface area contributed by atoms with Crippen molar-refractivity contribution in [3.63, 3.8) is 0 Å². The Kier molecular flexibility index (Phi) is 6.24. The van der Waals surface area contributed by atoms with Gasteiger partial charge in [-0.15, -0.1) is 0 Å². The van der Waals surface area contributed by atoms with E-state index in [4.69, 9.17) is 16.3 Å². The van der Waals surface area contributed by atoms with E-state index in [1.807, 2.05) is 25.7 Å². The van der Waals surface area contributed by atoms with Gasteiger partial charge in [-0.1, -0.05) is 22.9 Å². The minimum atomic E-state index is -0.390. The van der Waals surface area contributed by atoms with Gasteiger partial charge in [-0.25, -0.2) is 4.68 Å². The molecule has 0 spiro atoms. The lowest BCUT2D eigenvalue weighted by molar-refractivity contribution is 0.0625. The van der Waals surface area contributed by atoms with Gasteiger partial charge in [0.2, 0.25) is 0 Å². The number of anilines is 1. The Bertz CT molecular complexity index is 1150. The van der Waals surface area contributed by atoms with Crippen LogP contribution in [0.25, 0.3) is 10.3 Å². The topological polar surface area (TPSA) is 89.3 Å². The normalized spacial score (nSPS) is 16.7. The zero-order valence-electron chi connectivity index (χ0n) is 18.5. The number of amides is 2. The second-order valence-electron chi connectivity index (χ2n) is 8.81. The molecule has 1 saturated heterocycles. The van der Waals surface area contributed by atoms with Crippen LogP contribution < -0.4 is 5.32 Å². The lowest BCUT2D eigenvalue weighted by Gasteiger charge is -2.23. The number of hydrogen-bond donors (Lipinski definition) is 1. The highest BCUT2D eigenvalue weighted by molar-refractivity contribution is 7.22. The number of hydrogen-bond acceptors (Lipinski definition) is 6. The van der Waals surface area contributed by atoms with Gasteiger partial charge in [0.1, 0.15) is 4.70 Å². The predicted molar refractivity (Wildman–Crippen MR) is 126 cm³/mol. The van der Waals surface area contributed by atoms with Gasteiger partial charge in [0.15, 0.2) is 16.5 Å². The molecule has 1 aliphatic rings. The summed E-state index contributed by atoms with van der Waals surface area (Å²) < 4.78 is 7.72. The third-order valence-corrected chi connectivity index (χ3v) is 6.61. The molecular formula is C22H26ClN5O3S. The molecule has 8 nitrogen and oxygen atoms in total. The van der Waals surface area contributed by atoms with Gasteiger partial charge in [-0.2, -0.15) is 10.1 Å². The van der Waals surface area contributed by atoms with Crippen LogP contribution in [0.4, 0.5) is 5.13 Å². The number of carbonyl (C=O) groups excluding carboxylic acids is 2. The molecule has 0 bridgehead atoms. The van der Waals surface area contributed by atoms with Crippen molar-refractivity contribution in [2.45, 2.75) is 45.2 Å². The molecule has 2 aromatic heterocycles. The molecule has 32 heavy (non-hydrogen) atoms. The maximum atomic E-state index is 13.4. The Hall–Kier alpha value is -2.49. The Morgan fingerprint density at radius 3 is 2.66 bits per heavy atom. The highest BCUT2D eigenvalue weighted by Crippen LogP contribution is 2.34. The first-order valence-corrected chi connectivity index (χ1v) is 11.7. The van der Waals surface area contributed by atoms with Gasteiger partial charge < -0.3 is 9.64 Å². The van der Waals surface area contributed by atoms with E-state index in [2.05, 4.69) is 15.4 Å². The highest BCUT2D eigenvalue weighted by atomic mass is 35.5. The van der Waals surface area contributed by atoms with Gasteiger partial charge in [0, 0.05) is 24.2 Å². The molecule has 1 aromatic carbocycles. The van der Waals surface area contributed by atoms with Crippen molar-refractivity contribution in [2.24, 2.45) is 0 Å². The smallest absolute Gasteiger partial charge is 0.276 e. The number of ether oxygens (including phenoxy) is 1. The summed E-state index contributed by atoms with van der Waals surface area (Å²) in [5.74, 6) is -0.419. The van der Waals surface area contributed by atoms with Crippen LogP contribution in [0.15, 0.2) is 24.3 Å². The van der Waals surface area contributed by atoms with E-state index in [0.29, 0.717) is 44.9 Å². The number of rotatable bonds is 5. The van der Waals surface area contributed by atoms with Gasteiger partial charge in [0.25, 0.3) is 11.8 Å². The Morgan fingerprint density at radius 2 is 2.00 bits per heavy atom. The number of thiazole rings is 1. The quantitative estimate of drug-likeness (QED) is 0.590. The van der Waals surface area contributed by atoms with Crippen molar-refractivity contribution in [3.8, 4) is 0 Å². The molecule has 170 valence electrons. The fourth-order valence-corrected chi connectivity index (χ4v) is 4.88. The zero-order chi connectivity index (χ0) is 23.0. The van der Waals surface area contributed by atoms with Gasteiger partial charge in [-0.05, 0) is 57.9 Å². The first kappa shape index (κ1) is 22.7. The molecule has 0 saturated carbocycles. The minimum absolute atomic E-state index is 0.0411. The first-order chi connectivity index (χ1) is 15.2. The van der Waals surface area contributed by atoms with E-state index in [0.717, 1.165) is 12.8 Å². The standard InChI is InChI=1S/C22H26ClN5O3S/c1-22(2,3)28-18-17(16(26-28)20(30)27-11-5-6-15(27)12-31-4)32-21(24-18)25-19(29)13-7-9-14(23)10-8-13/h7-10,15H,5-6,11-12H2,1-4H3,(H,24,25,29)/t15-/m0/s1. The van der Waals surface area contributed by atoms with E-state index in [-0.39, 0.29) is 23.4 Å². The van der Waals surface area contributed by atoms with Crippen LogP contribution in [-0.2, 0) is 10.3 Å². The Balaban J connectivity index is 1.69. The van der Waals surface area contributed by atoms with E-state index >= 15 is 0 Å². The number of nitrogens with one attached hydrogen (secondary N) is 1. The van der Waals surface area contributed by atoms with Crippen molar-refractivity contribution >= 4 is 50.2 Å². The largest absolute Gasteiger partial charge is 0.383 e. The molecule has 1 fully saturated rings. The molecule has 0 aliphatic carbocycles. The summed E-state index contributed by atoms with van der Waals surface area (Å²) in [6.45, 7) is 7.18. The number of halogens is 1. The molecule has 0 unspecified atom stereocenters. The molecule has 3 aromatic rings. The minimum Gasteiger partial charge on any atom is -0.383 e. The second-order valence-corrected chi connectivity index (χ2v) is 10.2. The van der Waals surface area contributed by atoms with Crippen LogP contribution in [0, 0.1) is 0 Å². The summed E-state index contributed by atoms with van der Waals surface area (Å²) in [6.07, 6.45) is 1.85. The molecule has 2 amide bonds. The van der Waals surface area contributed by atoms with Gasteiger partial charge in [0.05, 0.1) is 18.2 Å². The molecular weight excluding hydrogens is 450 g/mol. The van der Waals surface area contributed by atoms with Crippen LogP contribution in [0.1, 0.15) is 54.5 Å². The monoisotopic (exact) mass is 475 g/mol. The zero-order valence-corrected chi connectivity index (χ0v) is 20.1. The molecule has 4 rings (SSSR count). The average Bonchev–Trinajstić information content (AvgIpc) is 3.42. The third kappa shape index (κ3) is 4.37. The van der Waals surface area contributed by atoms with E-state index in [1.165, 1.54) is 11.3 Å². The summed E-state index contributed by atoms with van der Waals surface area (Å²) in [5.41, 5.74) is 1.03. The van der Waals surface area contributed by atoms with Gasteiger partial charge >= 0.3 is 0 Å². The molecule has 1 atom stereocenters. The predicted octanol–water partition coefficient (Wildman–Crippen LogP) is 4.40. The van der Waals surface area contributed by atoms with Crippen LogP contribution in [0.3, 0.4) is 0 Å². The van der Waals surface area contributed by atoms with E-state index < -0.39 is 0 Å². The number of methoxy groups -OCH3 is 1. The van der Waals surface area contributed by atoms with Crippen molar-refractivity contribution in [2.75, 3.05) is 25.6 Å². The number of likely N-dealkylation sites (tertiary alicyclic amines) is 1. The highest BCUT2D eigenvalue weighted by Gasteiger charge is 2.34. The lowest BCUT2D eigenvalue weighted by Crippen LogP contribution is -2.38. The second kappa shape index (κ2) is 8.80. The summed E-state index contributed by atoms with van der Waals surface area (Å²) in [7, 11) is 1.65. The van der Waals surface area contributed by atoms with Crippen LogP contribution in [0.5, 0.6) is 0 Å². The number of carbonyl (C=O) groups is 2.